The lowest BCUT2D eigenvalue weighted by Crippen LogP contribution is -2.29. The second kappa shape index (κ2) is 4.77. The standard InChI is InChI=1S/C11H20N2O/c1-10(14)3-8-13(2)9-11(4-5-11)6-7-12/h10,14H,3-6,8-9H2,1-2H3. The molecule has 1 aliphatic carbocycles. The van der Waals surface area contributed by atoms with Gasteiger partial charge in [0.2, 0.25) is 0 Å². The minimum atomic E-state index is -0.219. The molecule has 1 fully saturated rings. The minimum Gasteiger partial charge on any atom is -0.393 e. The number of nitriles is 1. The lowest BCUT2D eigenvalue weighted by Gasteiger charge is -2.22. The van der Waals surface area contributed by atoms with Gasteiger partial charge in [-0.2, -0.15) is 5.26 Å². The number of nitrogens with zero attached hydrogens (tertiary/aromatic N) is 2. The highest BCUT2D eigenvalue weighted by Crippen LogP contribution is 2.48. The lowest BCUT2D eigenvalue weighted by molar-refractivity contribution is 0.157. The summed E-state index contributed by atoms with van der Waals surface area (Å²) in [5, 5.41) is 17.8. The Balaban J connectivity index is 2.20. The smallest absolute Gasteiger partial charge is 0.0628 e. The molecule has 0 radical (unpaired) electrons. The highest BCUT2D eigenvalue weighted by Gasteiger charge is 2.42. The molecule has 3 nitrogen and oxygen atoms in total. The van der Waals surface area contributed by atoms with Crippen molar-refractivity contribution in [1.29, 1.82) is 5.26 Å². The van der Waals surface area contributed by atoms with E-state index in [0.717, 1.165) is 19.5 Å². The van der Waals surface area contributed by atoms with Gasteiger partial charge in [0.1, 0.15) is 0 Å². The molecule has 1 N–H and O–H groups in total. The zero-order valence-corrected chi connectivity index (χ0v) is 9.16. The van der Waals surface area contributed by atoms with E-state index in [-0.39, 0.29) is 6.10 Å². The van der Waals surface area contributed by atoms with Crippen molar-refractivity contribution in [1.82, 2.24) is 4.90 Å². The molecule has 1 aliphatic rings. The van der Waals surface area contributed by atoms with Gasteiger partial charge in [-0.25, -0.2) is 0 Å². The normalized spacial score (nSPS) is 20.5. The zero-order valence-electron chi connectivity index (χ0n) is 9.16. The van der Waals surface area contributed by atoms with Gasteiger partial charge < -0.3 is 10.0 Å². The van der Waals surface area contributed by atoms with E-state index in [1.54, 1.807) is 0 Å². The van der Waals surface area contributed by atoms with E-state index in [4.69, 9.17) is 10.4 Å². The van der Waals surface area contributed by atoms with Gasteiger partial charge in [-0.1, -0.05) is 0 Å². The van der Waals surface area contributed by atoms with Crippen LogP contribution in [0, 0.1) is 16.7 Å². The summed E-state index contributed by atoms with van der Waals surface area (Å²) in [5.41, 5.74) is 0.294. The highest BCUT2D eigenvalue weighted by atomic mass is 16.3. The first-order chi connectivity index (χ1) is 6.58. The van der Waals surface area contributed by atoms with Gasteiger partial charge in [-0.3, -0.25) is 0 Å². The van der Waals surface area contributed by atoms with Crippen LogP contribution in [0.4, 0.5) is 0 Å². The molecule has 1 atom stereocenters. The molecule has 1 rings (SSSR count). The van der Waals surface area contributed by atoms with Crippen molar-refractivity contribution < 1.29 is 5.11 Å². The topological polar surface area (TPSA) is 47.3 Å². The molecule has 0 aromatic rings. The second-order valence-corrected chi connectivity index (χ2v) is 4.71. The van der Waals surface area contributed by atoms with Gasteiger partial charge in [0.25, 0.3) is 0 Å². The van der Waals surface area contributed by atoms with Crippen molar-refractivity contribution in [2.24, 2.45) is 5.41 Å². The molecule has 0 bridgehead atoms. The quantitative estimate of drug-likeness (QED) is 0.698. The van der Waals surface area contributed by atoms with Crippen LogP contribution in [0.15, 0.2) is 0 Å². The fourth-order valence-corrected chi connectivity index (χ4v) is 1.79. The summed E-state index contributed by atoms with van der Waals surface area (Å²) in [5.74, 6) is 0. The van der Waals surface area contributed by atoms with Gasteiger partial charge in [-0.05, 0) is 38.6 Å². The van der Waals surface area contributed by atoms with Gasteiger partial charge in [0.05, 0.1) is 12.2 Å². The first-order valence-corrected chi connectivity index (χ1v) is 5.31. The lowest BCUT2D eigenvalue weighted by atomic mass is 10.0. The van der Waals surface area contributed by atoms with E-state index in [0.29, 0.717) is 11.8 Å². The van der Waals surface area contributed by atoms with Gasteiger partial charge in [0.15, 0.2) is 0 Å². The van der Waals surface area contributed by atoms with Crippen LogP contribution in [0.2, 0.25) is 0 Å². The Bertz CT molecular complexity index is 216. The van der Waals surface area contributed by atoms with E-state index >= 15 is 0 Å². The fourth-order valence-electron chi connectivity index (χ4n) is 1.79. The largest absolute Gasteiger partial charge is 0.393 e. The Morgan fingerprint density at radius 2 is 2.21 bits per heavy atom. The molecule has 0 heterocycles. The maximum absolute atomic E-state index is 9.14. The van der Waals surface area contributed by atoms with Crippen LogP contribution < -0.4 is 0 Å². The summed E-state index contributed by atoms with van der Waals surface area (Å²) in [7, 11) is 2.07. The van der Waals surface area contributed by atoms with Gasteiger partial charge in [0, 0.05) is 19.5 Å². The predicted molar refractivity (Wildman–Crippen MR) is 55.7 cm³/mol. The first kappa shape index (κ1) is 11.5. The SMILES string of the molecule is CC(O)CCN(C)CC1(CC#N)CC1. The van der Waals surface area contributed by atoms with Crippen molar-refractivity contribution in [2.75, 3.05) is 20.1 Å². The predicted octanol–water partition coefficient (Wildman–Crippen LogP) is 1.38. The molecule has 0 aromatic heterocycles. The van der Waals surface area contributed by atoms with Crippen LogP contribution >= 0.6 is 0 Å². The Kier molecular flexibility index (Phi) is 3.91. The average molecular weight is 196 g/mol. The highest BCUT2D eigenvalue weighted by molar-refractivity contribution is 5.00. The fraction of sp³-hybridized carbons (Fsp3) is 0.909. The molecule has 3 heteroatoms. The van der Waals surface area contributed by atoms with E-state index in [9.17, 15) is 0 Å². The number of rotatable bonds is 6. The van der Waals surface area contributed by atoms with Crippen molar-refractivity contribution in [2.45, 2.75) is 38.7 Å². The third-order valence-electron chi connectivity index (χ3n) is 2.95. The summed E-state index contributed by atoms with van der Waals surface area (Å²) < 4.78 is 0. The molecule has 1 saturated carbocycles. The Morgan fingerprint density at radius 3 is 2.64 bits per heavy atom. The molecule has 14 heavy (non-hydrogen) atoms. The zero-order chi connectivity index (χ0) is 10.6. The molecular formula is C11H20N2O. The van der Waals surface area contributed by atoms with Crippen molar-refractivity contribution in [3.63, 3.8) is 0 Å². The summed E-state index contributed by atoms with van der Waals surface area (Å²) >= 11 is 0. The Labute approximate surface area is 86.3 Å². The number of hydrogen-bond acceptors (Lipinski definition) is 3. The summed E-state index contributed by atoms with van der Waals surface area (Å²) in [6.07, 6.45) is 3.67. The maximum atomic E-state index is 9.14. The van der Waals surface area contributed by atoms with Crippen LogP contribution in [0.5, 0.6) is 0 Å². The van der Waals surface area contributed by atoms with Crippen molar-refractivity contribution >= 4 is 0 Å². The molecule has 0 amide bonds. The number of aliphatic hydroxyl groups excluding tert-OH is 1. The van der Waals surface area contributed by atoms with Crippen LogP contribution in [0.3, 0.4) is 0 Å². The Hall–Kier alpha value is -0.590. The van der Waals surface area contributed by atoms with E-state index in [1.165, 1.54) is 12.8 Å². The van der Waals surface area contributed by atoms with Gasteiger partial charge >= 0.3 is 0 Å². The summed E-state index contributed by atoms with van der Waals surface area (Å²) in [6, 6.07) is 2.26. The van der Waals surface area contributed by atoms with Crippen LogP contribution in [-0.4, -0.2) is 36.2 Å². The van der Waals surface area contributed by atoms with Crippen molar-refractivity contribution in [3.05, 3.63) is 0 Å². The third kappa shape index (κ3) is 3.65. The van der Waals surface area contributed by atoms with Crippen LogP contribution in [-0.2, 0) is 0 Å². The molecular weight excluding hydrogens is 176 g/mol. The number of aliphatic hydroxyl groups is 1. The van der Waals surface area contributed by atoms with E-state index in [2.05, 4.69) is 18.0 Å². The molecule has 0 aromatic carbocycles. The van der Waals surface area contributed by atoms with E-state index < -0.39 is 0 Å². The van der Waals surface area contributed by atoms with Crippen LogP contribution in [0.1, 0.15) is 32.6 Å². The average Bonchev–Trinajstić information content (AvgIpc) is 2.82. The molecule has 1 unspecified atom stereocenters. The molecule has 0 aliphatic heterocycles. The van der Waals surface area contributed by atoms with E-state index in [1.807, 2.05) is 6.92 Å². The summed E-state index contributed by atoms with van der Waals surface area (Å²) in [6.45, 7) is 3.74. The Morgan fingerprint density at radius 1 is 1.57 bits per heavy atom. The molecule has 80 valence electrons. The molecule has 0 saturated heterocycles. The second-order valence-electron chi connectivity index (χ2n) is 4.71. The summed E-state index contributed by atoms with van der Waals surface area (Å²) in [4.78, 5) is 2.23. The van der Waals surface area contributed by atoms with Gasteiger partial charge in [-0.15, -0.1) is 0 Å². The third-order valence-corrected chi connectivity index (χ3v) is 2.95. The maximum Gasteiger partial charge on any atom is 0.0628 e. The monoisotopic (exact) mass is 196 g/mol. The van der Waals surface area contributed by atoms with Crippen molar-refractivity contribution in [3.8, 4) is 6.07 Å². The number of hydrogen-bond donors (Lipinski definition) is 1. The molecule has 0 spiro atoms. The van der Waals surface area contributed by atoms with Crippen LogP contribution in [0.25, 0.3) is 0 Å². The first-order valence-electron chi connectivity index (χ1n) is 5.31. The minimum absolute atomic E-state index is 0.219.